The number of H-pyrrole nitrogens is 1. The van der Waals surface area contributed by atoms with Gasteiger partial charge in [0.25, 0.3) is 0 Å². The van der Waals surface area contributed by atoms with Crippen molar-refractivity contribution in [1.82, 2.24) is 10.3 Å². The first-order valence-corrected chi connectivity index (χ1v) is 11.2. The molecule has 4 nitrogen and oxygen atoms in total. The van der Waals surface area contributed by atoms with Crippen molar-refractivity contribution in [3.63, 3.8) is 0 Å². The van der Waals surface area contributed by atoms with Crippen molar-refractivity contribution in [3.05, 3.63) is 70.9 Å². The van der Waals surface area contributed by atoms with Crippen LogP contribution in [0.3, 0.4) is 0 Å². The normalized spacial score (nSPS) is 14.8. The van der Waals surface area contributed by atoms with Crippen LogP contribution in [0.4, 0.5) is 0 Å². The number of aryl methyl sites for hydroxylation is 1. The number of rotatable bonds is 8. The predicted octanol–water partition coefficient (Wildman–Crippen LogP) is 5.55. The molecule has 2 N–H and O–H groups in total. The van der Waals surface area contributed by atoms with Gasteiger partial charge in [-0.05, 0) is 68.5 Å². The van der Waals surface area contributed by atoms with Gasteiger partial charge in [-0.25, -0.2) is 4.79 Å². The second-order valence-electron chi connectivity index (χ2n) is 8.52. The smallest absolute Gasteiger partial charge is 0.340 e. The Hall–Kier alpha value is -2.59. The van der Waals surface area contributed by atoms with Crippen molar-refractivity contribution in [1.29, 1.82) is 0 Å². The Balaban J connectivity index is 1.38. The average Bonchev–Trinajstić information content (AvgIpc) is 3.11. The van der Waals surface area contributed by atoms with E-state index in [0.717, 1.165) is 47.6 Å². The Morgan fingerprint density at radius 1 is 1.07 bits per heavy atom. The lowest BCUT2D eigenvalue weighted by molar-refractivity contribution is 0.0474. The fourth-order valence-corrected chi connectivity index (χ4v) is 4.52. The zero-order chi connectivity index (χ0) is 20.8. The third-order valence-corrected chi connectivity index (χ3v) is 6.22. The Bertz CT molecular complexity index is 971. The zero-order valence-electron chi connectivity index (χ0n) is 17.9. The Labute approximate surface area is 179 Å². The number of nitrogens with one attached hydrogen (secondary N) is 2. The largest absolute Gasteiger partial charge is 0.457 e. The first kappa shape index (κ1) is 20.7. The van der Waals surface area contributed by atoms with E-state index in [9.17, 15) is 4.79 Å². The van der Waals surface area contributed by atoms with Crippen LogP contribution in [-0.4, -0.2) is 24.0 Å². The van der Waals surface area contributed by atoms with E-state index in [-0.39, 0.29) is 12.6 Å². The van der Waals surface area contributed by atoms with Gasteiger partial charge in [0, 0.05) is 16.6 Å². The highest BCUT2D eigenvalue weighted by atomic mass is 16.5. The number of benzene rings is 2. The van der Waals surface area contributed by atoms with Crippen LogP contribution < -0.4 is 5.32 Å². The molecule has 1 heterocycles. The van der Waals surface area contributed by atoms with Crippen molar-refractivity contribution < 1.29 is 9.53 Å². The lowest BCUT2D eigenvalue weighted by Gasteiger charge is -2.21. The summed E-state index contributed by atoms with van der Waals surface area (Å²) >= 11 is 0. The first-order valence-electron chi connectivity index (χ1n) is 11.2. The summed E-state index contributed by atoms with van der Waals surface area (Å²) in [6.07, 6.45) is 7.89. The summed E-state index contributed by atoms with van der Waals surface area (Å²) in [6, 6.07) is 16.2. The molecule has 4 heteroatoms. The molecular formula is C26H32N2O2. The van der Waals surface area contributed by atoms with E-state index in [1.165, 1.54) is 37.7 Å². The van der Waals surface area contributed by atoms with Gasteiger partial charge < -0.3 is 15.0 Å². The minimum atomic E-state index is -0.268. The van der Waals surface area contributed by atoms with Gasteiger partial charge in [-0.1, -0.05) is 55.7 Å². The fourth-order valence-electron chi connectivity index (χ4n) is 4.52. The minimum absolute atomic E-state index is 0.268. The molecule has 0 radical (unpaired) electrons. The van der Waals surface area contributed by atoms with Gasteiger partial charge in [-0.15, -0.1) is 0 Å². The number of aromatic amines is 1. The highest BCUT2D eigenvalue weighted by Gasteiger charge is 2.18. The standard InChI is InChI=1S/C26H32N2O2/c1-19-25(26(29)30-18-22-10-6-3-7-11-22)23-16-20(12-13-24(23)28-19)14-15-27-17-21-8-4-2-5-9-21/h3,6-7,10-13,16,21,27-28H,2,4-5,8-9,14-15,17-18H2,1H3. The van der Waals surface area contributed by atoms with E-state index in [2.05, 4.69) is 28.5 Å². The topological polar surface area (TPSA) is 54.1 Å². The van der Waals surface area contributed by atoms with E-state index in [1.54, 1.807) is 0 Å². The minimum Gasteiger partial charge on any atom is -0.457 e. The molecule has 0 amide bonds. The maximum Gasteiger partial charge on any atom is 0.340 e. The van der Waals surface area contributed by atoms with Gasteiger partial charge >= 0.3 is 5.97 Å². The molecule has 4 rings (SSSR count). The van der Waals surface area contributed by atoms with E-state index in [4.69, 9.17) is 4.74 Å². The van der Waals surface area contributed by atoms with E-state index in [0.29, 0.717) is 5.56 Å². The summed E-state index contributed by atoms with van der Waals surface area (Å²) in [5, 5.41) is 4.59. The number of hydrogen-bond acceptors (Lipinski definition) is 3. The van der Waals surface area contributed by atoms with Crippen LogP contribution in [0.5, 0.6) is 0 Å². The highest BCUT2D eigenvalue weighted by molar-refractivity contribution is 6.05. The van der Waals surface area contributed by atoms with E-state index < -0.39 is 0 Å². The van der Waals surface area contributed by atoms with Gasteiger partial charge in [0.15, 0.2) is 0 Å². The fraction of sp³-hybridized carbons (Fsp3) is 0.423. The molecule has 0 saturated heterocycles. The number of aromatic nitrogens is 1. The quantitative estimate of drug-likeness (QED) is 0.382. The van der Waals surface area contributed by atoms with Crippen molar-refractivity contribution >= 4 is 16.9 Å². The van der Waals surface area contributed by atoms with Crippen LogP contribution >= 0.6 is 0 Å². The highest BCUT2D eigenvalue weighted by Crippen LogP contribution is 2.25. The molecular weight excluding hydrogens is 372 g/mol. The van der Waals surface area contributed by atoms with Crippen LogP contribution in [0.25, 0.3) is 10.9 Å². The van der Waals surface area contributed by atoms with Crippen LogP contribution in [0.15, 0.2) is 48.5 Å². The number of carbonyl (C=O) groups is 1. The van der Waals surface area contributed by atoms with Gasteiger partial charge in [-0.3, -0.25) is 0 Å². The molecule has 0 unspecified atom stereocenters. The average molecular weight is 405 g/mol. The molecule has 158 valence electrons. The van der Waals surface area contributed by atoms with Crippen molar-refractivity contribution in [3.8, 4) is 0 Å². The first-order chi connectivity index (χ1) is 14.7. The zero-order valence-corrected chi connectivity index (χ0v) is 17.9. The summed E-state index contributed by atoms with van der Waals surface area (Å²) in [4.78, 5) is 16.1. The third kappa shape index (κ3) is 5.11. The molecule has 0 aliphatic heterocycles. The summed E-state index contributed by atoms with van der Waals surface area (Å²) in [5.74, 6) is 0.578. The Morgan fingerprint density at radius 3 is 2.67 bits per heavy atom. The van der Waals surface area contributed by atoms with E-state index >= 15 is 0 Å². The van der Waals surface area contributed by atoms with Gasteiger partial charge in [0.1, 0.15) is 6.61 Å². The van der Waals surface area contributed by atoms with E-state index in [1.807, 2.05) is 37.3 Å². The number of carbonyl (C=O) groups excluding carboxylic acids is 1. The molecule has 1 fully saturated rings. The molecule has 1 saturated carbocycles. The lowest BCUT2D eigenvalue weighted by Crippen LogP contribution is -2.26. The van der Waals surface area contributed by atoms with Crippen molar-refractivity contribution in [2.75, 3.05) is 13.1 Å². The second kappa shape index (κ2) is 9.94. The van der Waals surface area contributed by atoms with Gasteiger partial charge in [0.2, 0.25) is 0 Å². The maximum atomic E-state index is 12.8. The summed E-state index contributed by atoms with van der Waals surface area (Å²) < 4.78 is 5.60. The maximum absolute atomic E-state index is 12.8. The van der Waals surface area contributed by atoms with Crippen LogP contribution in [0.1, 0.15) is 59.3 Å². The Kier molecular flexibility index (Phi) is 6.85. The molecule has 1 aromatic heterocycles. The SMILES string of the molecule is Cc1[nH]c2ccc(CCNCC3CCCCC3)cc2c1C(=O)OCc1ccccc1. The van der Waals surface area contributed by atoms with Crippen molar-refractivity contribution in [2.45, 2.75) is 52.1 Å². The number of ether oxygens (including phenoxy) is 1. The number of esters is 1. The van der Waals surface area contributed by atoms with Crippen molar-refractivity contribution in [2.24, 2.45) is 5.92 Å². The molecule has 0 atom stereocenters. The molecule has 1 aliphatic carbocycles. The number of hydrogen-bond donors (Lipinski definition) is 2. The van der Waals surface area contributed by atoms with Gasteiger partial charge in [0.05, 0.1) is 5.56 Å². The summed E-state index contributed by atoms with van der Waals surface area (Å²) in [7, 11) is 0. The van der Waals surface area contributed by atoms with Gasteiger partial charge in [-0.2, -0.15) is 0 Å². The molecule has 1 aliphatic rings. The Morgan fingerprint density at radius 2 is 1.87 bits per heavy atom. The monoisotopic (exact) mass is 404 g/mol. The van der Waals surface area contributed by atoms with Crippen LogP contribution in [0, 0.1) is 12.8 Å². The summed E-state index contributed by atoms with van der Waals surface area (Å²) in [6.45, 7) is 4.32. The summed E-state index contributed by atoms with van der Waals surface area (Å²) in [5.41, 5.74) is 4.73. The van der Waals surface area contributed by atoms with Crippen LogP contribution in [-0.2, 0) is 17.8 Å². The molecule has 0 spiro atoms. The lowest BCUT2D eigenvalue weighted by atomic mass is 9.89. The van der Waals surface area contributed by atoms with Crippen LogP contribution in [0.2, 0.25) is 0 Å². The number of fused-ring (bicyclic) bond motifs is 1. The third-order valence-electron chi connectivity index (χ3n) is 6.22. The predicted molar refractivity (Wildman–Crippen MR) is 122 cm³/mol. The second-order valence-corrected chi connectivity index (χ2v) is 8.52. The molecule has 30 heavy (non-hydrogen) atoms. The molecule has 3 aromatic rings. The molecule has 2 aromatic carbocycles. The molecule has 0 bridgehead atoms.